The SMILES string of the molecule is [2H]C([2H])(c1ccnc(-c2cccc3c2sc2cc4cc(C)ccc4cc23)c1)C1CCC1. The third-order valence-electron chi connectivity index (χ3n) is 6.12. The van der Waals surface area contributed by atoms with Gasteiger partial charge in [-0.05, 0) is 59.8 Å². The van der Waals surface area contributed by atoms with E-state index in [0.29, 0.717) is 0 Å². The van der Waals surface area contributed by atoms with Crippen molar-refractivity contribution in [3.05, 3.63) is 78.0 Å². The summed E-state index contributed by atoms with van der Waals surface area (Å²) >= 11 is 1.81. The molecule has 142 valence electrons. The molecular formula is C27H23NS. The third-order valence-corrected chi connectivity index (χ3v) is 7.32. The molecule has 0 unspecified atom stereocenters. The Kier molecular flexibility index (Phi) is 3.49. The number of nitrogens with zero attached hydrogens (tertiary/aromatic N) is 1. The predicted octanol–water partition coefficient (Wildman–Crippen LogP) is 7.92. The maximum Gasteiger partial charge on any atom is 0.0719 e. The molecule has 0 spiro atoms. The van der Waals surface area contributed by atoms with Crippen LogP contribution < -0.4 is 0 Å². The largest absolute Gasteiger partial charge is 0.256 e. The first-order valence-electron chi connectivity index (χ1n) is 11.3. The van der Waals surface area contributed by atoms with Crippen molar-refractivity contribution in [3.8, 4) is 11.3 Å². The monoisotopic (exact) mass is 395 g/mol. The molecule has 1 saturated carbocycles. The maximum absolute atomic E-state index is 8.68. The topological polar surface area (TPSA) is 12.9 Å². The first kappa shape index (κ1) is 15.2. The van der Waals surface area contributed by atoms with Gasteiger partial charge in [0.25, 0.3) is 0 Å². The van der Waals surface area contributed by atoms with Crippen LogP contribution in [0.3, 0.4) is 0 Å². The van der Waals surface area contributed by atoms with E-state index in [-0.39, 0.29) is 5.92 Å². The number of hydrogen-bond donors (Lipinski definition) is 0. The average molecular weight is 396 g/mol. The van der Waals surface area contributed by atoms with Crippen LogP contribution in [0.1, 0.15) is 33.1 Å². The van der Waals surface area contributed by atoms with Gasteiger partial charge >= 0.3 is 0 Å². The fourth-order valence-corrected chi connectivity index (χ4v) is 5.57. The first-order valence-corrected chi connectivity index (χ1v) is 11.1. The number of fused-ring (bicyclic) bond motifs is 4. The van der Waals surface area contributed by atoms with E-state index in [4.69, 9.17) is 2.74 Å². The molecule has 1 aliphatic carbocycles. The van der Waals surface area contributed by atoms with Gasteiger partial charge in [0, 0.05) is 34.7 Å². The van der Waals surface area contributed by atoms with Gasteiger partial charge in [0.2, 0.25) is 0 Å². The smallest absolute Gasteiger partial charge is 0.0719 e. The Morgan fingerprint density at radius 1 is 1.00 bits per heavy atom. The molecule has 1 aliphatic rings. The maximum atomic E-state index is 8.68. The molecule has 1 nitrogen and oxygen atoms in total. The van der Waals surface area contributed by atoms with Crippen LogP contribution in [-0.4, -0.2) is 4.98 Å². The predicted molar refractivity (Wildman–Crippen MR) is 126 cm³/mol. The lowest BCUT2D eigenvalue weighted by molar-refractivity contribution is 0.314. The van der Waals surface area contributed by atoms with Crippen molar-refractivity contribution in [2.45, 2.75) is 32.6 Å². The fourth-order valence-electron chi connectivity index (χ4n) is 4.32. The van der Waals surface area contributed by atoms with Crippen LogP contribution in [0.15, 0.2) is 66.9 Å². The zero-order valence-electron chi connectivity index (χ0n) is 18.4. The van der Waals surface area contributed by atoms with E-state index in [0.717, 1.165) is 36.1 Å². The number of aryl methyl sites for hydroxylation is 1. The number of aromatic nitrogens is 1. The third kappa shape index (κ3) is 2.94. The lowest BCUT2D eigenvalue weighted by Gasteiger charge is -2.25. The Balaban J connectivity index is 1.54. The van der Waals surface area contributed by atoms with Crippen LogP contribution in [0, 0.1) is 12.8 Å². The molecule has 0 saturated heterocycles. The number of thiophene rings is 1. The van der Waals surface area contributed by atoms with Gasteiger partial charge in [-0.3, -0.25) is 4.98 Å². The lowest BCUT2D eigenvalue weighted by Crippen LogP contribution is -2.13. The molecule has 0 amide bonds. The lowest BCUT2D eigenvalue weighted by atomic mass is 9.81. The zero-order chi connectivity index (χ0) is 21.2. The average Bonchev–Trinajstić information content (AvgIpc) is 3.08. The second-order valence-electron chi connectivity index (χ2n) is 8.19. The normalized spacial score (nSPS) is 16.2. The van der Waals surface area contributed by atoms with Crippen molar-refractivity contribution in [1.29, 1.82) is 0 Å². The minimum absolute atomic E-state index is 0.124. The molecule has 2 aromatic heterocycles. The van der Waals surface area contributed by atoms with Gasteiger partial charge in [-0.15, -0.1) is 11.3 Å². The molecular weight excluding hydrogens is 370 g/mol. The Hall–Kier alpha value is -2.71. The van der Waals surface area contributed by atoms with E-state index >= 15 is 0 Å². The Morgan fingerprint density at radius 2 is 1.93 bits per heavy atom. The molecule has 29 heavy (non-hydrogen) atoms. The van der Waals surface area contributed by atoms with Gasteiger partial charge in [-0.2, -0.15) is 0 Å². The first-order chi connectivity index (χ1) is 15.0. The number of hydrogen-bond acceptors (Lipinski definition) is 2. The molecule has 0 N–H and O–H groups in total. The number of rotatable bonds is 3. The summed E-state index contributed by atoms with van der Waals surface area (Å²) in [5, 5.41) is 5.06. The van der Waals surface area contributed by atoms with Crippen LogP contribution in [-0.2, 0) is 6.37 Å². The van der Waals surface area contributed by atoms with Crippen LogP contribution in [0.4, 0.5) is 0 Å². The zero-order valence-corrected chi connectivity index (χ0v) is 17.2. The van der Waals surface area contributed by atoms with Crippen molar-refractivity contribution < 1.29 is 2.74 Å². The van der Waals surface area contributed by atoms with Gasteiger partial charge in [-0.1, -0.05) is 61.2 Å². The summed E-state index contributed by atoms with van der Waals surface area (Å²) in [5.41, 5.74) is 3.97. The molecule has 3 aromatic carbocycles. The highest BCUT2D eigenvalue weighted by molar-refractivity contribution is 7.26. The van der Waals surface area contributed by atoms with E-state index in [1.807, 2.05) is 12.1 Å². The van der Waals surface area contributed by atoms with Crippen molar-refractivity contribution in [2.24, 2.45) is 5.92 Å². The number of pyridine rings is 1. The van der Waals surface area contributed by atoms with E-state index in [1.54, 1.807) is 17.5 Å². The quantitative estimate of drug-likeness (QED) is 0.302. The summed E-state index contributed by atoms with van der Waals surface area (Å²) in [7, 11) is 0. The van der Waals surface area contributed by atoms with Crippen molar-refractivity contribution >= 4 is 42.3 Å². The van der Waals surface area contributed by atoms with Crippen LogP contribution >= 0.6 is 11.3 Å². The second-order valence-corrected chi connectivity index (χ2v) is 9.24. The molecule has 0 radical (unpaired) electrons. The van der Waals surface area contributed by atoms with Gasteiger partial charge in [0.15, 0.2) is 0 Å². The Bertz CT molecular complexity index is 1460. The summed E-state index contributed by atoms with van der Waals surface area (Å²) < 4.78 is 19.9. The highest BCUT2D eigenvalue weighted by atomic mass is 32.1. The van der Waals surface area contributed by atoms with Crippen LogP contribution in [0.2, 0.25) is 0 Å². The number of benzene rings is 3. The van der Waals surface area contributed by atoms with E-state index < -0.39 is 6.37 Å². The van der Waals surface area contributed by atoms with Crippen molar-refractivity contribution in [3.63, 3.8) is 0 Å². The summed E-state index contributed by atoms with van der Waals surface area (Å²) in [6, 6.07) is 21.4. The molecule has 0 bridgehead atoms. The summed E-state index contributed by atoms with van der Waals surface area (Å²) in [6.07, 6.45) is 3.56. The standard InChI is InChI=1S/C27H23NS/c1-17-8-9-20-15-24-22-6-3-7-23(27(22)29-26(24)16-21(20)12-17)25-14-19(10-11-28-25)13-18-4-2-5-18/h3,6-12,14-16,18H,2,4-5,13H2,1H3/i13D2. The van der Waals surface area contributed by atoms with Crippen molar-refractivity contribution in [1.82, 2.24) is 4.98 Å². The molecule has 0 aliphatic heterocycles. The Morgan fingerprint density at radius 3 is 2.79 bits per heavy atom. The minimum Gasteiger partial charge on any atom is -0.256 e. The van der Waals surface area contributed by atoms with E-state index in [1.165, 1.54) is 36.5 Å². The molecule has 0 atom stereocenters. The molecule has 5 aromatic rings. The second kappa shape index (κ2) is 6.67. The molecule has 1 fully saturated rings. The minimum atomic E-state index is -1.29. The molecule has 2 heteroatoms. The fraction of sp³-hybridized carbons (Fsp3) is 0.222. The Labute approximate surface area is 177 Å². The van der Waals surface area contributed by atoms with Gasteiger partial charge < -0.3 is 0 Å². The van der Waals surface area contributed by atoms with Crippen LogP contribution in [0.25, 0.3) is 42.2 Å². The summed E-state index contributed by atoms with van der Waals surface area (Å²) in [4.78, 5) is 4.65. The van der Waals surface area contributed by atoms with Crippen LogP contribution in [0.5, 0.6) is 0 Å². The van der Waals surface area contributed by atoms with Gasteiger partial charge in [-0.25, -0.2) is 0 Å². The van der Waals surface area contributed by atoms with Gasteiger partial charge in [0.05, 0.1) is 5.69 Å². The molecule has 6 rings (SSSR count). The van der Waals surface area contributed by atoms with Crippen molar-refractivity contribution in [2.75, 3.05) is 0 Å². The highest BCUT2D eigenvalue weighted by Gasteiger charge is 2.18. The van der Waals surface area contributed by atoms with Gasteiger partial charge in [0.1, 0.15) is 0 Å². The van der Waals surface area contributed by atoms with E-state index in [2.05, 4.69) is 60.4 Å². The summed E-state index contributed by atoms with van der Waals surface area (Å²) in [6.45, 7) is 2.13. The van der Waals surface area contributed by atoms with E-state index in [9.17, 15) is 0 Å². The highest BCUT2D eigenvalue weighted by Crippen LogP contribution is 2.41. The summed E-state index contributed by atoms with van der Waals surface area (Å²) in [5.74, 6) is 0.124. The molecule has 2 heterocycles.